The summed E-state index contributed by atoms with van der Waals surface area (Å²) in [6, 6.07) is -2.32. The number of hydrogen-bond donors (Lipinski definition) is 3. The van der Waals surface area contributed by atoms with E-state index >= 15 is 0 Å². The van der Waals surface area contributed by atoms with E-state index in [-0.39, 0.29) is 25.4 Å². The molecule has 0 bridgehead atoms. The first-order chi connectivity index (χ1) is 8.10. The lowest BCUT2D eigenvalue weighted by atomic mass is 10.0. The summed E-state index contributed by atoms with van der Waals surface area (Å²) < 4.78 is 64.8. The minimum Gasteiger partial charge on any atom is -0.305 e. The van der Waals surface area contributed by atoms with Crippen molar-refractivity contribution in [2.75, 3.05) is 6.54 Å². The van der Waals surface area contributed by atoms with Gasteiger partial charge in [0.25, 0.3) is 10.2 Å². The Hall–Kier alpha value is -0.380. The van der Waals surface area contributed by atoms with Gasteiger partial charge in [-0.25, -0.2) is 0 Å². The van der Waals surface area contributed by atoms with Crippen molar-refractivity contribution in [1.82, 2.24) is 14.8 Å². The summed E-state index contributed by atoms with van der Waals surface area (Å²) >= 11 is 0. The standard InChI is InChI=1S/C9H18F3N3O2S/c1-6(2)14-18(16,17)15-7-3-4-8(13-5-7)9(10,11)12/h6-8,13-15H,3-5H2,1-2H3. The Bertz CT molecular complexity index is 362. The highest BCUT2D eigenvalue weighted by Gasteiger charge is 2.41. The van der Waals surface area contributed by atoms with E-state index in [0.29, 0.717) is 0 Å². The van der Waals surface area contributed by atoms with Crippen LogP contribution >= 0.6 is 0 Å². The molecule has 0 aromatic rings. The fourth-order valence-electron chi connectivity index (χ4n) is 1.80. The van der Waals surface area contributed by atoms with Gasteiger partial charge in [-0.2, -0.15) is 31.0 Å². The van der Waals surface area contributed by atoms with Crippen molar-refractivity contribution >= 4 is 10.2 Å². The predicted molar refractivity (Wildman–Crippen MR) is 61.2 cm³/mol. The van der Waals surface area contributed by atoms with Crippen LogP contribution in [0.3, 0.4) is 0 Å². The van der Waals surface area contributed by atoms with Crippen LogP contribution < -0.4 is 14.8 Å². The molecule has 18 heavy (non-hydrogen) atoms. The fraction of sp³-hybridized carbons (Fsp3) is 1.00. The molecule has 1 rings (SSSR count). The quantitative estimate of drug-likeness (QED) is 0.706. The van der Waals surface area contributed by atoms with Gasteiger partial charge < -0.3 is 5.32 Å². The second-order valence-electron chi connectivity index (χ2n) is 4.67. The number of nitrogens with one attached hydrogen (secondary N) is 3. The van der Waals surface area contributed by atoms with Gasteiger partial charge in [-0.1, -0.05) is 0 Å². The highest BCUT2D eigenvalue weighted by atomic mass is 32.2. The Morgan fingerprint density at radius 1 is 1.28 bits per heavy atom. The minimum absolute atomic E-state index is 0.0246. The van der Waals surface area contributed by atoms with Crippen molar-refractivity contribution in [2.45, 2.75) is 51.0 Å². The zero-order chi connectivity index (χ0) is 14.0. The first-order valence-corrected chi connectivity index (χ1v) is 7.18. The second-order valence-corrected chi connectivity index (χ2v) is 6.15. The topological polar surface area (TPSA) is 70.2 Å². The smallest absolute Gasteiger partial charge is 0.305 e. The molecule has 0 aliphatic carbocycles. The first-order valence-electron chi connectivity index (χ1n) is 5.70. The molecule has 1 fully saturated rings. The third-order valence-electron chi connectivity index (χ3n) is 2.52. The molecule has 0 radical (unpaired) electrons. The van der Waals surface area contributed by atoms with E-state index in [0.717, 1.165) is 0 Å². The summed E-state index contributed by atoms with van der Waals surface area (Å²) in [5.74, 6) is 0. The molecule has 108 valence electrons. The number of hydrogen-bond acceptors (Lipinski definition) is 3. The zero-order valence-corrected chi connectivity index (χ0v) is 11.0. The van der Waals surface area contributed by atoms with Crippen LogP contribution in [0.5, 0.6) is 0 Å². The predicted octanol–water partition coefficient (Wildman–Crippen LogP) is 0.502. The van der Waals surface area contributed by atoms with Crippen LogP contribution in [0.4, 0.5) is 13.2 Å². The van der Waals surface area contributed by atoms with Crippen molar-refractivity contribution in [1.29, 1.82) is 0 Å². The Morgan fingerprint density at radius 2 is 1.89 bits per heavy atom. The molecule has 5 nitrogen and oxygen atoms in total. The molecule has 0 amide bonds. The Balaban J connectivity index is 2.45. The molecule has 1 aliphatic rings. The van der Waals surface area contributed by atoms with Gasteiger partial charge in [0, 0.05) is 18.6 Å². The summed E-state index contributed by atoms with van der Waals surface area (Å²) in [4.78, 5) is 0. The van der Waals surface area contributed by atoms with Gasteiger partial charge >= 0.3 is 6.18 Å². The van der Waals surface area contributed by atoms with Gasteiger partial charge in [0.1, 0.15) is 6.04 Å². The highest BCUT2D eigenvalue weighted by Crippen LogP contribution is 2.26. The van der Waals surface area contributed by atoms with Crippen LogP contribution in [0.25, 0.3) is 0 Å². The maximum absolute atomic E-state index is 12.4. The Kier molecular flexibility index (Phi) is 4.98. The number of rotatable bonds is 4. The molecule has 3 N–H and O–H groups in total. The fourth-order valence-corrected chi connectivity index (χ4v) is 3.13. The van der Waals surface area contributed by atoms with Crippen molar-refractivity contribution in [3.05, 3.63) is 0 Å². The summed E-state index contributed by atoms with van der Waals surface area (Å²) in [6.45, 7) is 3.30. The molecule has 1 aliphatic heterocycles. The van der Waals surface area contributed by atoms with E-state index in [1.165, 1.54) is 0 Å². The van der Waals surface area contributed by atoms with E-state index in [2.05, 4.69) is 14.8 Å². The number of piperidine rings is 1. The van der Waals surface area contributed by atoms with Gasteiger partial charge in [0.2, 0.25) is 0 Å². The van der Waals surface area contributed by atoms with Gasteiger partial charge in [-0.05, 0) is 26.7 Å². The van der Waals surface area contributed by atoms with Crippen LogP contribution in [0.1, 0.15) is 26.7 Å². The lowest BCUT2D eigenvalue weighted by Crippen LogP contribution is -2.56. The van der Waals surface area contributed by atoms with Crippen LogP contribution in [0.2, 0.25) is 0 Å². The average Bonchev–Trinajstić information content (AvgIpc) is 2.13. The van der Waals surface area contributed by atoms with Crippen LogP contribution in [-0.4, -0.2) is 39.3 Å². The summed E-state index contributed by atoms with van der Waals surface area (Å²) in [6.07, 6.45) is -4.24. The molecule has 1 saturated heterocycles. The number of alkyl halides is 3. The van der Waals surface area contributed by atoms with Gasteiger partial charge in [-0.3, -0.25) is 0 Å². The van der Waals surface area contributed by atoms with Crippen molar-refractivity contribution in [3.8, 4) is 0 Å². The van der Waals surface area contributed by atoms with E-state index in [9.17, 15) is 21.6 Å². The third-order valence-corrected chi connectivity index (χ3v) is 3.95. The summed E-state index contributed by atoms with van der Waals surface area (Å²) in [5, 5.41) is 2.31. The molecular formula is C9H18F3N3O2S. The first kappa shape index (κ1) is 15.7. The van der Waals surface area contributed by atoms with Crippen LogP contribution in [0, 0.1) is 0 Å². The van der Waals surface area contributed by atoms with Gasteiger partial charge in [0.05, 0.1) is 0 Å². The van der Waals surface area contributed by atoms with Crippen LogP contribution in [0.15, 0.2) is 0 Å². The zero-order valence-electron chi connectivity index (χ0n) is 10.2. The Morgan fingerprint density at radius 3 is 2.28 bits per heavy atom. The van der Waals surface area contributed by atoms with Crippen molar-refractivity contribution in [2.24, 2.45) is 0 Å². The highest BCUT2D eigenvalue weighted by molar-refractivity contribution is 7.87. The molecule has 0 aromatic heterocycles. The molecular weight excluding hydrogens is 271 g/mol. The normalized spacial score (nSPS) is 26.6. The molecule has 0 saturated carbocycles. The minimum atomic E-state index is -4.28. The van der Waals surface area contributed by atoms with Crippen LogP contribution in [-0.2, 0) is 10.2 Å². The van der Waals surface area contributed by atoms with E-state index in [1.54, 1.807) is 13.8 Å². The average molecular weight is 289 g/mol. The van der Waals surface area contributed by atoms with Gasteiger partial charge in [-0.15, -0.1) is 0 Å². The Labute approximate surface area is 105 Å². The van der Waals surface area contributed by atoms with E-state index in [1.807, 2.05) is 0 Å². The van der Waals surface area contributed by atoms with Gasteiger partial charge in [0.15, 0.2) is 0 Å². The molecule has 2 atom stereocenters. The summed E-state index contributed by atoms with van der Waals surface area (Å²) in [7, 11) is -3.65. The largest absolute Gasteiger partial charge is 0.403 e. The molecule has 9 heteroatoms. The molecule has 0 spiro atoms. The molecule has 2 unspecified atom stereocenters. The molecule has 0 aromatic carbocycles. The maximum Gasteiger partial charge on any atom is 0.403 e. The summed E-state index contributed by atoms with van der Waals surface area (Å²) in [5.41, 5.74) is 0. The number of halogens is 3. The second kappa shape index (κ2) is 5.72. The lowest BCUT2D eigenvalue weighted by Gasteiger charge is -2.31. The molecule has 1 heterocycles. The lowest BCUT2D eigenvalue weighted by molar-refractivity contribution is -0.160. The van der Waals surface area contributed by atoms with Crippen molar-refractivity contribution < 1.29 is 21.6 Å². The SMILES string of the molecule is CC(C)NS(=O)(=O)NC1CCC(C(F)(F)F)NC1. The monoisotopic (exact) mass is 289 g/mol. The third kappa shape index (κ3) is 5.09. The van der Waals surface area contributed by atoms with E-state index in [4.69, 9.17) is 0 Å². The maximum atomic E-state index is 12.4. The van der Waals surface area contributed by atoms with Crippen molar-refractivity contribution in [3.63, 3.8) is 0 Å². The van der Waals surface area contributed by atoms with E-state index < -0.39 is 28.5 Å².